The molecule has 0 saturated carbocycles. The third kappa shape index (κ3) is 4.30. The maximum atomic E-state index is 12.6. The number of aromatic nitrogens is 3. The van der Waals surface area contributed by atoms with Crippen molar-refractivity contribution in [2.75, 3.05) is 0 Å². The Morgan fingerprint density at radius 2 is 1.97 bits per heavy atom. The lowest BCUT2D eigenvalue weighted by Crippen LogP contribution is -2.23. The van der Waals surface area contributed by atoms with E-state index in [1.807, 2.05) is 42.8 Å². The zero-order chi connectivity index (χ0) is 20.4. The minimum atomic E-state index is -0.180. The molecule has 1 aromatic carbocycles. The number of nitrogens with zero attached hydrogens (tertiary/aromatic N) is 3. The zero-order valence-electron chi connectivity index (χ0n) is 16.6. The fourth-order valence-corrected chi connectivity index (χ4v) is 4.10. The van der Waals surface area contributed by atoms with Crippen LogP contribution in [-0.4, -0.2) is 20.7 Å². The van der Waals surface area contributed by atoms with Crippen molar-refractivity contribution in [1.29, 1.82) is 0 Å². The minimum absolute atomic E-state index is 0.180. The molecule has 0 saturated heterocycles. The maximum Gasteiger partial charge on any atom is 0.271 e. The quantitative estimate of drug-likeness (QED) is 0.512. The van der Waals surface area contributed by atoms with Crippen LogP contribution in [0.3, 0.4) is 0 Å². The fourth-order valence-electron chi connectivity index (χ4n) is 3.22. The van der Waals surface area contributed by atoms with Gasteiger partial charge in [-0.2, -0.15) is 5.10 Å². The van der Waals surface area contributed by atoms with Gasteiger partial charge in [0.25, 0.3) is 5.91 Å². The summed E-state index contributed by atoms with van der Waals surface area (Å²) in [7, 11) is 0. The Kier molecular flexibility index (Phi) is 5.31. The second-order valence-electron chi connectivity index (χ2n) is 6.99. The van der Waals surface area contributed by atoms with Crippen molar-refractivity contribution in [3.63, 3.8) is 0 Å². The Bertz CT molecular complexity index is 1140. The van der Waals surface area contributed by atoms with Crippen molar-refractivity contribution >= 4 is 17.2 Å². The molecular formula is C22H22N4O2S. The van der Waals surface area contributed by atoms with Crippen LogP contribution in [0.15, 0.2) is 53.1 Å². The Morgan fingerprint density at radius 1 is 1.14 bits per heavy atom. The third-order valence-corrected chi connectivity index (χ3v) is 5.61. The fraction of sp³-hybridized carbons (Fsp3) is 0.227. The smallest absolute Gasteiger partial charge is 0.271 e. The summed E-state index contributed by atoms with van der Waals surface area (Å²) in [6.07, 6.45) is 1.60. The van der Waals surface area contributed by atoms with Crippen LogP contribution >= 0.6 is 11.3 Å². The highest BCUT2D eigenvalue weighted by molar-refractivity contribution is 7.15. The van der Waals surface area contributed by atoms with Gasteiger partial charge in [-0.25, -0.2) is 4.98 Å². The first kappa shape index (κ1) is 19.1. The standard InChI is InChI=1S/C22H22N4O2S/c1-14-10-15(2)26(25-14)13-18-7-4-6-17(11-18)12-23-21(27)20-16(3)29-22(24-20)19-8-5-9-28-19/h4-11H,12-13H2,1-3H3,(H,23,27). The Morgan fingerprint density at radius 3 is 2.69 bits per heavy atom. The summed E-state index contributed by atoms with van der Waals surface area (Å²) in [4.78, 5) is 18.0. The molecule has 4 rings (SSSR count). The van der Waals surface area contributed by atoms with Crippen LogP contribution < -0.4 is 5.32 Å². The molecule has 29 heavy (non-hydrogen) atoms. The van der Waals surface area contributed by atoms with Gasteiger partial charge in [-0.05, 0) is 50.1 Å². The van der Waals surface area contributed by atoms with Gasteiger partial charge in [-0.3, -0.25) is 9.48 Å². The van der Waals surface area contributed by atoms with E-state index in [1.54, 1.807) is 6.26 Å². The van der Waals surface area contributed by atoms with E-state index in [2.05, 4.69) is 40.5 Å². The largest absolute Gasteiger partial charge is 0.462 e. The highest BCUT2D eigenvalue weighted by Gasteiger charge is 2.17. The number of carbonyl (C=O) groups is 1. The van der Waals surface area contributed by atoms with E-state index in [-0.39, 0.29) is 5.91 Å². The SMILES string of the molecule is Cc1cc(C)n(Cc2cccc(CNC(=O)c3nc(-c4ccco4)sc3C)c2)n1. The summed E-state index contributed by atoms with van der Waals surface area (Å²) in [6, 6.07) is 13.9. The van der Waals surface area contributed by atoms with Crippen LogP contribution in [0.1, 0.15) is 37.9 Å². The first-order chi connectivity index (χ1) is 14.0. The van der Waals surface area contributed by atoms with E-state index in [0.717, 1.165) is 27.4 Å². The molecule has 6 nitrogen and oxygen atoms in total. The van der Waals surface area contributed by atoms with Crippen molar-refractivity contribution in [3.05, 3.63) is 81.8 Å². The van der Waals surface area contributed by atoms with Gasteiger partial charge < -0.3 is 9.73 Å². The van der Waals surface area contributed by atoms with Crippen LogP contribution in [-0.2, 0) is 13.1 Å². The number of benzene rings is 1. The van der Waals surface area contributed by atoms with Gasteiger partial charge in [0.2, 0.25) is 0 Å². The monoisotopic (exact) mass is 406 g/mol. The van der Waals surface area contributed by atoms with E-state index < -0.39 is 0 Å². The van der Waals surface area contributed by atoms with Crippen molar-refractivity contribution in [1.82, 2.24) is 20.1 Å². The summed E-state index contributed by atoms with van der Waals surface area (Å²) >= 11 is 1.45. The molecule has 0 fully saturated rings. The molecule has 0 bridgehead atoms. The molecule has 0 aliphatic heterocycles. The zero-order valence-corrected chi connectivity index (χ0v) is 17.4. The Balaban J connectivity index is 1.43. The Hall–Kier alpha value is -3.19. The molecule has 3 heterocycles. The van der Waals surface area contributed by atoms with Gasteiger partial charge in [0.15, 0.2) is 10.8 Å². The van der Waals surface area contributed by atoms with Crippen LogP contribution in [0.25, 0.3) is 10.8 Å². The molecule has 1 N–H and O–H groups in total. The lowest BCUT2D eigenvalue weighted by Gasteiger charge is -2.08. The number of rotatable bonds is 6. The number of nitrogens with one attached hydrogen (secondary N) is 1. The van der Waals surface area contributed by atoms with E-state index >= 15 is 0 Å². The molecular weight excluding hydrogens is 384 g/mol. The van der Waals surface area contributed by atoms with Gasteiger partial charge in [-0.1, -0.05) is 24.3 Å². The molecule has 3 aromatic heterocycles. The number of furan rings is 1. The number of amides is 1. The molecule has 4 aromatic rings. The van der Waals surface area contributed by atoms with Gasteiger partial charge in [-0.15, -0.1) is 11.3 Å². The van der Waals surface area contributed by atoms with E-state index in [9.17, 15) is 4.79 Å². The summed E-state index contributed by atoms with van der Waals surface area (Å²) in [5.74, 6) is 0.495. The molecule has 7 heteroatoms. The molecule has 0 aliphatic carbocycles. The first-order valence-electron chi connectivity index (χ1n) is 9.38. The maximum absolute atomic E-state index is 12.6. The van der Waals surface area contributed by atoms with Crippen molar-refractivity contribution in [3.8, 4) is 10.8 Å². The van der Waals surface area contributed by atoms with E-state index in [0.29, 0.717) is 29.6 Å². The molecule has 0 unspecified atom stereocenters. The second kappa shape index (κ2) is 8.05. The molecule has 0 spiro atoms. The number of hydrogen-bond acceptors (Lipinski definition) is 5. The molecule has 0 radical (unpaired) electrons. The van der Waals surface area contributed by atoms with Crippen LogP contribution in [0, 0.1) is 20.8 Å². The topological polar surface area (TPSA) is 73.0 Å². The molecule has 0 atom stereocenters. The van der Waals surface area contributed by atoms with Crippen LogP contribution in [0.4, 0.5) is 0 Å². The highest BCUT2D eigenvalue weighted by atomic mass is 32.1. The lowest BCUT2D eigenvalue weighted by molar-refractivity contribution is 0.0946. The number of carbonyl (C=O) groups excluding carboxylic acids is 1. The molecule has 0 aliphatic rings. The summed E-state index contributed by atoms with van der Waals surface area (Å²) < 4.78 is 7.37. The average Bonchev–Trinajstić information content (AvgIpc) is 3.41. The predicted octanol–water partition coefficient (Wildman–Crippen LogP) is 4.50. The minimum Gasteiger partial charge on any atom is -0.462 e. The average molecular weight is 407 g/mol. The van der Waals surface area contributed by atoms with E-state index in [1.165, 1.54) is 11.3 Å². The summed E-state index contributed by atoms with van der Waals surface area (Å²) in [5, 5.41) is 8.20. The summed E-state index contributed by atoms with van der Waals surface area (Å²) in [6.45, 7) is 7.09. The van der Waals surface area contributed by atoms with Crippen LogP contribution in [0.2, 0.25) is 0 Å². The summed E-state index contributed by atoms with van der Waals surface area (Å²) in [5.41, 5.74) is 4.77. The number of thiazole rings is 1. The predicted molar refractivity (Wildman–Crippen MR) is 113 cm³/mol. The van der Waals surface area contributed by atoms with E-state index in [4.69, 9.17) is 4.42 Å². The third-order valence-electron chi connectivity index (χ3n) is 4.62. The first-order valence-corrected chi connectivity index (χ1v) is 10.2. The normalized spacial score (nSPS) is 11.0. The Labute approximate surface area is 173 Å². The molecule has 148 valence electrons. The number of hydrogen-bond donors (Lipinski definition) is 1. The van der Waals surface area contributed by atoms with Gasteiger partial charge in [0, 0.05) is 17.1 Å². The number of aryl methyl sites for hydroxylation is 3. The van der Waals surface area contributed by atoms with Crippen molar-refractivity contribution < 1.29 is 9.21 Å². The molecule has 1 amide bonds. The van der Waals surface area contributed by atoms with Crippen molar-refractivity contribution in [2.24, 2.45) is 0 Å². The van der Waals surface area contributed by atoms with Gasteiger partial charge >= 0.3 is 0 Å². The van der Waals surface area contributed by atoms with Gasteiger partial charge in [0.1, 0.15) is 5.69 Å². The lowest BCUT2D eigenvalue weighted by atomic mass is 10.1. The highest BCUT2D eigenvalue weighted by Crippen LogP contribution is 2.27. The van der Waals surface area contributed by atoms with Crippen molar-refractivity contribution in [2.45, 2.75) is 33.9 Å². The van der Waals surface area contributed by atoms with Gasteiger partial charge in [0.05, 0.1) is 18.5 Å². The van der Waals surface area contributed by atoms with Crippen LogP contribution in [0.5, 0.6) is 0 Å². The second-order valence-corrected chi connectivity index (χ2v) is 8.19.